The fraction of sp³-hybridized carbons (Fsp3) is 0.375. The third-order valence-corrected chi connectivity index (χ3v) is 4.85. The number of β-lactam (4-membered cyclic amide) rings is 1. The lowest BCUT2D eigenvalue weighted by Gasteiger charge is -2.46. The van der Waals surface area contributed by atoms with Crippen LogP contribution in [0.15, 0.2) is 48.5 Å². The largest absolute Gasteiger partial charge is 0.497 e. The van der Waals surface area contributed by atoms with Crippen LogP contribution >= 0.6 is 0 Å². The number of hydrogen-bond acceptors (Lipinski definition) is 6. The summed E-state index contributed by atoms with van der Waals surface area (Å²) in [6, 6.07) is 13.2. The van der Waals surface area contributed by atoms with Crippen LogP contribution in [0.2, 0.25) is 0 Å². The Labute approximate surface area is 181 Å². The summed E-state index contributed by atoms with van der Waals surface area (Å²) >= 11 is 0. The molecular formula is C24H27NO6. The first-order chi connectivity index (χ1) is 14.6. The second kappa shape index (κ2) is 8.79. The van der Waals surface area contributed by atoms with Crippen molar-refractivity contribution in [3.63, 3.8) is 0 Å². The third-order valence-electron chi connectivity index (χ3n) is 4.85. The molecule has 0 N–H and O–H groups in total. The lowest BCUT2D eigenvalue weighted by Crippen LogP contribution is -2.66. The second-order valence-electron chi connectivity index (χ2n) is 8.43. The minimum absolute atomic E-state index is 0.148. The first-order valence-corrected chi connectivity index (χ1v) is 10.1. The molecule has 0 spiro atoms. The van der Waals surface area contributed by atoms with Crippen molar-refractivity contribution in [1.29, 1.82) is 0 Å². The van der Waals surface area contributed by atoms with E-state index < -0.39 is 29.5 Å². The summed E-state index contributed by atoms with van der Waals surface area (Å²) in [6.45, 7) is 6.73. The normalized spacial score (nSPS) is 18.2. The van der Waals surface area contributed by atoms with Crippen molar-refractivity contribution in [2.45, 2.75) is 45.8 Å². The molecule has 0 unspecified atom stereocenters. The summed E-state index contributed by atoms with van der Waals surface area (Å²) < 4.78 is 15.8. The maximum atomic E-state index is 13.0. The molecule has 0 aliphatic carbocycles. The molecule has 1 aliphatic heterocycles. The van der Waals surface area contributed by atoms with E-state index in [9.17, 15) is 14.4 Å². The summed E-state index contributed by atoms with van der Waals surface area (Å²) in [5.74, 6) is -0.442. The van der Waals surface area contributed by atoms with Gasteiger partial charge in [-0.15, -0.1) is 0 Å². The molecule has 2 aromatic carbocycles. The fourth-order valence-corrected chi connectivity index (χ4v) is 3.52. The SMILES string of the molecule is COc1ccc(N2C(=O)[C@@H](Cc3ccc(OC(C)=O)cc3)[C@H]2C(=O)OC(C)(C)C)cc1. The minimum atomic E-state index is -0.728. The Balaban J connectivity index is 1.83. The van der Waals surface area contributed by atoms with Crippen LogP contribution in [0.3, 0.4) is 0 Å². The molecule has 1 heterocycles. The molecule has 31 heavy (non-hydrogen) atoms. The van der Waals surface area contributed by atoms with Crippen molar-refractivity contribution < 1.29 is 28.6 Å². The highest BCUT2D eigenvalue weighted by atomic mass is 16.6. The van der Waals surface area contributed by atoms with Gasteiger partial charge >= 0.3 is 11.9 Å². The summed E-state index contributed by atoms with van der Waals surface area (Å²) in [4.78, 5) is 38.6. The predicted molar refractivity (Wildman–Crippen MR) is 115 cm³/mol. The van der Waals surface area contributed by atoms with E-state index in [1.54, 1.807) is 76.4 Å². The van der Waals surface area contributed by atoms with E-state index in [-0.39, 0.29) is 5.91 Å². The van der Waals surface area contributed by atoms with Crippen LogP contribution in [0.4, 0.5) is 5.69 Å². The first-order valence-electron chi connectivity index (χ1n) is 10.1. The number of ether oxygens (including phenoxy) is 3. The number of anilines is 1. The topological polar surface area (TPSA) is 82.1 Å². The van der Waals surface area contributed by atoms with Crippen molar-refractivity contribution in [3.05, 3.63) is 54.1 Å². The zero-order chi connectivity index (χ0) is 22.8. The van der Waals surface area contributed by atoms with Crippen molar-refractivity contribution in [3.8, 4) is 11.5 Å². The van der Waals surface area contributed by atoms with Crippen LogP contribution in [0.1, 0.15) is 33.3 Å². The second-order valence-corrected chi connectivity index (χ2v) is 8.43. The van der Waals surface area contributed by atoms with Gasteiger partial charge in [0.1, 0.15) is 23.1 Å². The molecule has 1 aliphatic rings. The summed E-state index contributed by atoms with van der Waals surface area (Å²) in [6.07, 6.45) is 0.371. The molecule has 3 rings (SSSR count). The summed E-state index contributed by atoms with van der Waals surface area (Å²) in [5.41, 5.74) is 0.803. The smallest absolute Gasteiger partial charge is 0.330 e. The molecule has 1 amide bonds. The van der Waals surface area contributed by atoms with E-state index in [4.69, 9.17) is 14.2 Å². The lowest BCUT2D eigenvalue weighted by molar-refractivity contribution is -0.163. The van der Waals surface area contributed by atoms with E-state index >= 15 is 0 Å². The van der Waals surface area contributed by atoms with Gasteiger partial charge in [0.25, 0.3) is 0 Å². The Kier molecular flexibility index (Phi) is 6.34. The molecule has 164 valence electrons. The molecule has 0 radical (unpaired) electrons. The average Bonchev–Trinajstić information content (AvgIpc) is 2.69. The van der Waals surface area contributed by atoms with Crippen molar-refractivity contribution in [1.82, 2.24) is 0 Å². The van der Waals surface area contributed by atoms with Crippen LogP contribution in [-0.2, 0) is 25.5 Å². The number of nitrogens with zero attached hydrogens (tertiary/aromatic N) is 1. The van der Waals surface area contributed by atoms with Gasteiger partial charge in [-0.25, -0.2) is 4.79 Å². The molecule has 7 heteroatoms. The maximum Gasteiger partial charge on any atom is 0.330 e. The molecule has 1 fully saturated rings. The zero-order valence-corrected chi connectivity index (χ0v) is 18.4. The van der Waals surface area contributed by atoms with Crippen molar-refractivity contribution in [2.75, 3.05) is 12.0 Å². The number of hydrogen-bond donors (Lipinski definition) is 0. The lowest BCUT2D eigenvalue weighted by atomic mass is 9.81. The number of esters is 2. The summed E-state index contributed by atoms with van der Waals surface area (Å²) in [5, 5.41) is 0. The Hall–Kier alpha value is -3.35. The van der Waals surface area contributed by atoms with Crippen LogP contribution in [0.5, 0.6) is 11.5 Å². The van der Waals surface area contributed by atoms with Gasteiger partial charge in [-0.1, -0.05) is 12.1 Å². The quantitative estimate of drug-likeness (QED) is 0.400. The van der Waals surface area contributed by atoms with E-state index in [2.05, 4.69) is 0 Å². The maximum absolute atomic E-state index is 13.0. The number of carbonyl (C=O) groups excluding carboxylic acids is 3. The Morgan fingerprint density at radius 3 is 2.06 bits per heavy atom. The average molecular weight is 425 g/mol. The highest BCUT2D eigenvalue weighted by Gasteiger charge is 2.53. The van der Waals surface area contributed by atoms with Crippen molar-refractivity contribution in [2.24, 2.45) is 5.92 Å². The van der Waals surface area contributed by atoms with Gasteiger partial charge in [-0.2, -0.15) is 0 Å². The first kappa shape index (κ1) is 22.3. The minimum Gasteiger partial charge on any atom is -0.497 e. The van der Waals surface area contributed by atoms with E-state index in [1.165, 1.54) is 11.8 Å². The molecule has 2 atom stereocenters. The molecule has 0 saturated carbocycles. The van der Waals surface area contributed by atoms with Gasteiger partial charge in [-0.05, 0) is 69.2 Å². The Bertz CT molecular complexity index is 959. The molecule has 0 bridgehead atoms. The van der Waals surface area contributed by atoms with E-state index in [1.807, 2.05) is 0 Å². The molecule has 0 aromatic heterocycles. The van der Waals surface area contributed by atoms with Crippen LogP contribution in [-0.4, -0.2) is 36.6 Å². The predicted octanol–water partition coefficient (Wildman–Crippen LogP) is 3.54. The number of amides is 1. The van der Waals surface area contributed by atoms with Crippen molar-refractivity contribution >= 4 is 23.5 Å². The highest BCUT2D eigenvalue weighted by molar-refractivity contribution is 6.10. The molecule has 1 saturated heterocycles. The third kappa shape index (κ3) is 5.23. The van der Waals surface area contributed by atoms with Crippen LogP contribution in [0.25, 0.3) is 0 Å². The zero-order valence-electron chi connectivity index (χ0n) is 18.4. The standard InChI is InChI=1S/C24H27NO6/c1-15(26)30-19-10-6-16(7-11-19)14-20-21(23(28)31-24(2,3)4)25(22(20)27)17-8-12-18(29-5)13-9-17/h6-13,20-21H,14H2,1-5H3/t20-,21-/m0/s1. The molecule has 2 aromatic rings. The number of carbonyl (C=O) groups is 3. The fourth-order valence-electron chi connectivity index (χ4n) is 3.52. The van der Waals surface area contributed by atoms with Gasteiger partial charge in [0.2, 0.25) is 5.91 Å². The van der Waals surface area contributed by atoms with Gasteiger partial charge in [0, 0.05) is 12.6 Å². The van der Waals surface area contributed by atoms with Gasteiger partial charge in [0.05, 0.1) is 13.0 Å². The number of methoxy groups -OCH3 is 1. The monoisotopic (exact) mass is 425 g/mol. The van der Waals surface area contributed by atoms with E-state index in [0.717, 1.165) is 5.56 Å². The number of rotatable bonds is 6. The Morgan fingerprint density at radius 2 is 1.55 bits per heavy atom. The van der Waals surface area contributed by atoms with Gasteiger partial charge in [-0.3, -0.25) is 14.5 Å². The van der Waals surface area contributed by atoms with Crippen LogP contribution in [0, 0.1) is 5.92 Å². The Morgan fingerprint density at radius 1 is 0.968 bits per heavy atom. The van der Waals surface area contributed by atoms with Crippen LogP contribution < -0.4 is 14.4 Å². The molecular weight excluding hydrogens is 398 g/mol. The van der Waals surface area contributed by atoms with E-state index in [0.29, 0.717) is 23.6 Å². The summed E-state index contributed by atoms with van der Waals surface area (Å²) in [7, 11) is 1.57. The number of benzene rings is 2. The van der Waals surface area contributed by atoms with Gasteiger partial charge in [0.15, 0.2) is 0 Å². The highest BCUT2D eigenvalue weighted by Crippen LogP contribution is 2.37. The van der Waals surface area contributed by atoms with Gasteiger partial charge < -0.3 is 14.2 Å². The molecule has 7 nitrogen and oxygen atoms in total.